The van der Waals surface area contributed by atoms with Gasteiger partial charge >= 0.3 is 0 Å². The maximum absolute atomic E-state index is 12.8. The molecule has 7 heteroatoms. The van der Waals surface area contributed by atoms with Gasteiger partial charge in [-0.3, -0.25) is 4.79 Å². The van der Waals surface area contributed by atoms with Crippen molar-refractivity contribution in [2.24, 2.45) is 0 Å². The van der Waals surface area contributed by atoms with Gasteiger partial charge in [-0.25, -0.2) is 4.98 Å². The highest BCUT2D eigenvalue weighted by atomic mass is 32.1. The number of likely N-dealkylation sites (tertiary alicyclic amines) is 1. The minimum absolute atomic E-state index is 0.149. The van der Waals surface area contributed by atoms with Gasteiger partial charge in [0.05, 0.1) is 32.4 Å². The molecule has 3 heterocycles. The molecule has 1 aromatic carbocycles. The zero-order valence-electron chi connectivity index (χ0n) is 15.7. The smallest absolute Gasteiger partial charge is 0.227 e. The highest BCUT2D eigenvalue weighted by Gasteiger charge is 2.40. The maximum Gasteiger partial charge on any atom is 0.227 e. The largest absolute Gasteiger partial charge is 0.497 e. The summed E-state index contributed by atoms with van der Waals surface area (Å²) in [5.74, 6) is 0.523. The highest BCUT2D eigenvalue weighted by Crippen LogP contribution is 2.33. The van der Waals surface area contributed by atoms with Crippen LogP contribution in [0.3, 0.4) is 0 Å². The Morgan fingerprint density at radius 2 is 1.89 bits per heavy atom. The predicted molar refractivity (Wildman–Crippen MR) is 103 cm³/mol. The van der Waals surface area contributed by atoms with Crippen LogP contribution in [0, 0.1) is 6.92 Å². The number of thiazole rings is 1. The standard InChI is InChI=1S/C20H24N2O4S/c1-14-17(27-19(21-14)15-3-5-16(24-2)6-4-15)13-18(23)22-9-7-20(8-10-22)25-11-12-26-20/h3-6H,7-13H2,1-2H3. The van der Waals surface area contributed by atoms with Gasteiger partial charge in [0.25, 0.3) is 0 Å². The van der Waals surface area contributed by atoms with E-state index in [1.807, 2.05) is 36.1 Å². The number of nitrogens with zero attached hydrogens (tertiary/aromatic N) is 2. The van der Waals surface area contributed by atoms with Crippen molar-refractivity contribution >= 4 is 17.2 Å². The van der Waals surface area contributed by atoms with Crippen molar-refractivity contribution in [2.75, 3.05) is 33.4 Å². The molecule has 2 aliphatic rings. The van der Waals surface area contributed by atoms with Crippen molar-refractivity contribution < 1.29 is 19.0 Å². The number of piperidine rings is 1. The number of methoxy groups -OCH3 is 1. The number of hydrogen-bond acceptors (Lipinski definition) is 6. The molecule has 27 heavy (non-hydrogen) atoms. The number of carbonyl (C=O) groups excluding carboxylic acids is 1. The number of amides is 1. The van der Waals surface area contributed by atoms with Crippen molar-refractivity contribution in [2.45, 2.75) is 32.0 Å². The van der Waals surface area contributed by atoms with Gasteiger partial charge in [-0.1, -0.05) is 0 Å². The second-order valence-electron chi connectivity index (χ2n) is 6.92. The predicted octanol–water partition coefficient (Wildman–Crippen LogP) is 3.04. The lowest BCUT2D eigenvalue weighted by atomic mass is 10.0. The lowest BCUT2D eigenvalue weighted by Crippen LogP contribution is -2.47. The molecule has 144 valence electrons. The van der Waals surface area contributed by atoms with E-state index in [4.69, 9.17) is 14.2 Å². The Balaban J connectivity index is 1.40. The molecule has 0 atom stereocenters. The number of rotatable bonds is 4. The molecule has 2 aromatic rings. The van der Waals surface area contributed by atoms with Crippen LogP contribution in [0.5, 0.6) is 5.75 Å². The van der Waals surface area contributed by atoms with Crippen LogP contribution >= 0.6 is 11.3 Å². The first-order valence-electron chi connectivity index (χ1n) is 9.25. The number of benzene rings is 1. The normalized spacial score (nSPS) is 18.8. The fourth-order valence-corrected chi connectivity index (χ4v) is 4.64. The van der Waals surface area contributed by atoms with E-state index < -0.39 is 5.79 Å². The fraction of sp³-hybridized carbons (Fsp3) is 0.500. The Hall–Kier alpha value is -1.96. The molecule has 2 aliphatic heterocycles. The maximum atomic E-state index is 12.8. The topological polar surface area (TPSA) is 60.9 Å². The molecule has 1 aromatic heterocycles. The number of hydrogen-bond donors (Lipinski definition) is 0. The number of aryl methyl sites for hydroxylation is 1. The second-order valence-corrected chi connectivity index (χ2v) is 8.00. The zero-order chi connectivity index (χ0) is 18.9. The van der Waals surface area contributed by atoms with Gasteiger partial charge in [-0.05, 0) is 31.2 Å². The van der Waals surface area contributed by atoms with Gasteiger partial charge in [0.2, 0.25) is 5.91 Å². The molecule has 1 spiro atoms. The molecule has 0 N–H and O–H groups in total. The van der Waals surface area contributed by atoms with Crippen LogP contribution in [0.25, 0.3) is 10.6 Å². The van der Waals surface area contributed by atoms with E-state index in [-0.39, 0.29) is 5.91 Å². The van der Waals surface area contributed by atoms with Crippen molar-refractivity contribution in [3.8, 4) is 16.3 Å². The van der Waals surface area contributed by atoms with Crippen LogP contribution in [-0.2, 0) is 20.7 Å². The van der Waals surface area contributed by atoms with E-state index >= 15 is 0 Å². The number of ether oxygens (including phenoxy) is 3. The summed E-state index contributed by atoms with van der Waals surface area (Å²) in [4.78, 5) is 20.4. The summed E-state index contributed by atoms with van der Waals surface area (Å²) in [6, 6.07) is 7.84. The first-order chi connectivity index (χ1) is 13.1. The van der Waals surface area contributed by atoms with Crippen LogP contribution in [0.1, 0.15) is 23.4 Å². The monoisotopic (exact) mass is 388 g/mol. The van der Waals surface area contributed by atoms with Crippen LogP contribution in [-0.4, -0.2) is 55.0 Å². The van der Waals surface area contributed by atoms with E-state index in [2.05, 4.69) is 4.98 Å². The lowest BCUT2D eigenvalue weighted by molar-refractivity contribution is -0.187. The van der Waals surface area contributed by atoms with Crippen molar-refractivity contribution in [3.63, 3.8) is 0 Å². The summed E-state index contributed by atoms with van der Waals surface area (Å²) >= 11 is 1.59. The Morgan fingerprint density at radius 3 is 2.52 bits per heavy atom. The van der Waals surface area contributed by atoms with Crippen LogP contribution < -0.4 is 4.74 Å². The van der Waals surface area contributed by atoms with Gasteiger partial charge in [-0.2, -0.15) is 0 Å². The first kappa shape index (κ1) is 18.4. The van der Waals surface area contributed by atoms with Crippen molar-refractivity contribution in [3.05, 3.63) is 34.8 Å². The Morgan fingerprint density at radius 1 is 1.22 bits per heavy atom. The van der Waals surface area contributed by atoms with Gasteiger partial charge in [-0.15, -0.1) is 11.3 Å². The summed E-state index contributed by atoms with van der Waals surface area (Å²) in [7, 11) is 1.65. The second kappa shape index (κ2) is 7.58. The van der Waals surface area contributed by atoms with Crippen molar-refractivity contribution in [1.29, 1.82) is 0 Å². The molecule has 6 nitrogen and oxygen atoms in total. The number of carbonyl (C=O) groups is 1. The zero-order valence-corrected chi connectivity index (χ0v) is 16.5. The molecule has 4 rings (SSSR count). The highest BCUT2D eigenvalue weighted by molar-refractivity contribution is 7.15. The van der Waals surface area contributed by atoms with Gasteiger partial charge in [0.15, 0.2) is 5.79 Å². The first-order valence-corrected chi connectivity index (χ1v) is 10.1. The third kappa shape index (κ3) is 3.85. The molecule has 0 saturated carbocycles. The van der Waals surface area contributed by atoms with E-state index in [1.165, 1.54) is 0 Å². The van der Waals surface area contributed by atoms with Crippen LogP contribution in [0.2, 0.25) is 0 Å². The molecule has 0 bridgehead atoms. The Labute approximate surface area is 163 Å². The van der Waals surface area contributed by atoms with Gasteiger partial charge < -0.3 is 19.1 Å². The van der Waals surface area contributed by atoms with Gasteiger partial charge in [0, 0.05) is 36.4 Å². The summed E-state index contributed by atoms with van der Waals surface area (Å²) in [6.07, 6.45) is 1.89. The van der Waals surface area contributed by atoms with E-state index in [0.717, 1.165) is 39.7 Å². The Bertz CT molecular complexity index is 802. The Kier molecular flexibility index (Phi) is 5.16. The van der Waals surface area contributed by atoms with E-state index in [0.29, 0.717) is 32.7 Å². The molecular formula is C20H24N2O4S. The quantitative estimate of drug-likeness (QED) is 0.806. The minimum atomic E-state index is -0.446. The molecule has 2 saturated heterocycles. The SMILES string of the molecule is COc1ccc(-c2nc(C)c(CC(=O)N3CCC4(CC3)OCCO4)s2)cc1. The summed E-state index contributed by atoms with van der Waals surface area (Å²) in [6.45, 7) is 4.64. The molecule has 0 aliphatic carbocycles. The van der Waals surface area contributed by atoms with Gasteiger partial charge in [0.1, 0.15) is 10.8 Å². The van der Waals surface area contributed by atoms with E-state index in [9.17, 15) is 4.79 Å². The fourth-order valence-electron chi connectivity index (χ4n) is 3.58. The summed E-state index contributed by atoms with van der Waals surface area (Å²) < 4.78 is 16.7. The lowest BCUT2D eigenvalue weighted by Gasteiger charge is -2.37. The van der Waals surface area contributed by atoms with Crippen molar-refractivity contribution in [1.82, 2.24) is 9.88 Å². The van der Waals surface area contributed by atoms with Crippen LogP contribution in [0.4, 0.5) is 0 Å². The minimum Gasteiger partial charge on any atom is -0.497 e. The third-order valence-electron chi connectivity index (χ3n) is 5.23. The molecule has 0 radical (unpaired) electrons. The third-order valence-corrected chi connectivity index (χ3v) is 6.44. The van der Waals surface area contributed by atoms with Crippen LogP contribution in [0.15, 0.2) is 24.3 Å². The summed E-state index contributed by atoms with van der Waals surface area (Å²) in [5, 5.41) is 0.934. The molecule has 2 fully saturated rings. The number of aromatic nitrogens is 1. The van der Waals surface area contributed by atoms with E-state index in [1.54, 1.807) is 18.4 Å². The average molecular weight is 388 g/mol. The molecule has 1 amide bonds. The molecular weight excluding hydrogens is 364 g/mol. The molecule has 0 unspecified atom stereocenters. The average Bonchev–Trinajstić information content (AvgIpc) is 3.29. The summed E-state index contributed by atoms with van der Waals surface area (Å²) in [5.41, 5.74) is 1.97.